The summed E-state index contributed by atoms with van der Waals surface area (Å²) in [7, 11) is 1.54. The van der Waals surface area contributed by atoms with E-state index in [1.165, 1.54) is 0 Å². The summed E-state index contributed by atoms with van der Waals surface area (Å²) >= 11 is 0. The van der Waals surface area contributed by atoms with Gasteiger partial charge in [-0.15, -0.1) is 0 Å². The van der Waals surface area contributed by atoms with Crippen molar-refractivity contribution in [2.45, 2.75) is 38.8 Å². The first-order valence-electron chi connectivity index (χ1n) is 10.9. The van der Waals surface area contributed by atoms with Crippen molar-refractivity contribution in [1.82, 2.24) is 15.1 Å². The fourth-order valence-electron chi connectivity index (χ4n) is 4.36. The Morgan fingerprint density at radius 3 is 2.62 bits per heavy atom. The first-order valence-corrected chi connectivity index (χ1v) is 10.9. The van der Waals surface area contributed by atoms with E-state index in [4.69, 9.17) is 15.6 Å². The van der Waals surface area contributed by atoms with Crippen molar-refractivity contribution in [3.63, 3.8) is 0 Å². The topological polar surface area (TPSA) is 99.2 Å². The molecule has 1 aromatic heterocycles. The average Bonchev–Trinajstić information content (AvgIpc) is 3.40. The standard InChI is InChI=1S/C25H28N4O3/c1-16-7-12-19(13-16)29-24(26)21(15-30)23(28-29)18-10-8-17(9-11-18)14-27-25(31)20-5-3-4-6-22(20)32-2/h3-6,8-11,15-16,19H,7,12-14,26H2,1-2H3,(H,27,31). The second kappa shape index (κ2) is 9.26. The molecule has 1 fully saturated rings. The molecule has 3 N–H and O–H groups in total. The molecule has 166 valence electrons. The molecule has 3 aromatic rings. The number of rotatable bonds is 7. The molecular weight excluding hydrogens is 404 g/mol. The number of hydrogen-bond acceptors (Lipinski definition) is 5. The van der Waals surface area contributed by atoms with Crippen molar-refractivity contribution in [3.8, 4) is 17.0 Å². The molecule has 1 heterocycles. The predicted molar refractivity (Wildman–Crippen MR) is 124 cm³/mol. The van der Waals surface area contributed by atoms with Crippen LogP contribution in [0.25, 0.3) is 11.3 Å². The summed E-state index contributed by atoms with van der Waals surface area (Å²) in [4.78, 5) is 24.3. The Morgan fingerprint density at radius 1 is 1.22 bits per heavy atom. The van der Waals surface area contributed by atoms with Gasteiger partial charge in [-0.05, 0) is 42.9 Å². The van der Waals surface area contributed by atoms with Crippen molar-refractivity contribution in [2.75, 3.05) is 12.8 Å². The van der Waals surface area contributed by atoms with E-state index >= 15 is 0 Å². The minimum Gasteiger partial charge on any atom is -0.496 e. The lowest BCUT2D eigenvalue weighted by Gasteiger charge is -2.12. The number of ether oxygens (including phenoxy) is 1. The maximum atomic E-state index is 12.5. The predicted octanol–water partition coefficient (Wildman–Crippen LogP) is 4.24. The number of nitrogen functional groups attached to an aromatic ring is 1. The summed E-state index contributed by atoms with van der Waals surface area (Å²) in [6, 6.07) is 15.0. The van der Waals surface area contributed by atoms with Crippen molar-refractivity contribution in [2.24, 2.45) is 5.92 Å². The van der Waals surface area contributed by atoms with E-state index in [0.29, 0.717) is 40.9 Å². The quantitative estimate of drug-likeness (QED) is 0.544. The van der Waals surface area contributed by atoms with Gasteiger partial charge in [0, 0.05) is 12.1 Å². The fraction of sp³-hybridized carbons (Fsp3) is 0.320. The second-order valence-electron chi connectivity index (χ2n) is 8.36. The molecule has 2 unspecified atom stereocenters. The van der Waals surface area contributed by atoms with Gasteiger partial charge in [0.1, 0.15) is 17.3 Å². The SMILES string of the molecule is COc1ccccc1C(=O)NCc1ccc(-c2nn(C3CCC(C)C3)c(N)c2C=O)cc1. The Hall–Kier alpha value is -3.61. The highest BCUT2D eigenvalue weighted by molar-refractivity contribution is 5.97. The summed E-state index contributed by atoms with van der Waals surface area (Å²) < 4.78 is 7.07. The number of aldehydes is 1. The molecule has 0 spiro atoms. The Labute approximate surface area is 187 Å². The van der Waals surface area contributed by atoms with E-state index in [9.17, 15) is 9.59 Å². The molecule has 0 aliphatic heterocycles. The molecule has 1 aliphatic carbocycles. The fourth-order valence-corrected chi connectivity index (χ4v) is 4.36. The summed E-state index contributed by atoms with van der Waals surface area (Å²) in [5.41, 5.74) is 9.55. The number of anilines is 1. The minimum atomic E-state index is -0.202. The molecule has 32 heavy (non-hydrogen) atoms. The van der Waals surface area contributed by atoms with Crippen LogP contribution in [0, 0.1) is 5.92 Å². The maximum absolute atomic E-state index is 12.5. The van der Waals surface area contributed by atoms with Crippen LogP contribution in [-0.2, 0) is 6.54 Å². The van der Waals surface area contributed by atoms with Gasteiger partial charge in [-0.1, -0.05) is 43.3 Å². The van der Waals surface area contributed by atoms with Crippen molar-refractivity contribution < 1.29 is 14.3 Å². The Balaban J connectivity index is 1.49. The van der Waals surface area contributed by atoms with Crippen LogP contribution >= 0.6 is 0 Å². The van der Waals surface area contributed by atoms with Crippen molar-refractivity contribution >= 4 is 18.0 Å². The van der Waals surface area contributed by atoms with Gasteiger partial charge >= 0.3 is 0 Å². The number of carbonyl (C=O) groups is 2. The van der Waals surface area contributed by atoms with Crippen LogP contribution in [0.5, 0.6) is 5.75 Å². The summed E-state index contributed by atoms with van der Waals surface area (Å²) in [6.45, 7) is 2.60. The van der Waals surface area contributed by atoms with Gasteiger partial charge in [-0.25, -0.2) is 4.68 Å². The van der Waals surface area contributed by atoms with Crippen LogP contribution in [0.3, 0.4) is 0 Å². The third-order valence-electron chi connectivity index (χ3n) is 6.15. The van der Waals surface area contributed by atoms with Crippen LogP contribution < -0.4 is 15.8 Å². The molecule has 4 rings (SSSR count). The lowest BCUT2D eigenvalue weighted by Crippen LogP contribution is -2.23. The van der Waals surface area contributed by atoms with Gasteiger partial charge < -0.3 is 15.8 Å². The summed E-state index contributed by atoms with van der Waals surface area (Å²) in [5.74, 6) is 1.40. The number of carbonyl (C=O) groups excluding carboxylic acids is 2. The molecule has 2 aromatic carbocycles. The molecule has 0 radical (unpaired) electrons. The zero-order valence-corrected chi connectivity index (χ0v) is 18.4. The molecule has 0 saturated heterocycles. The molecule has 1 aliphatic rings. The number of nitrogens with zero attached hydrogens (tertiary/aromatic N) is 2. The van der Waals surface area contributed by atoms with Crippen LogP contribution in [-0.4, -0.2) is 29.1 Å². The zero-order valence-electron chi connectivity index (χ0n) is 18.4. The van der Waals surface area contributed by atoms with Gasteiger partial charge in [0.15, 0.2) is 6.29 Å². The maximum Gasteiger partial charge on any atom is 0.255 e. The molecular formula is C25H28N4O3. The number of para-hydroxylation sites is 1. The normalized spacial score (nSPS) is 17.8. The number of benzene rings is 2. The highest BCUT2D eigenvalue weighted by Gasteiger charge is 2.27. The third-order valence-corrected chi connectivity index (χ3v) is 6.15. The van der Waals surface area contributed by atoms with Crippen molar-refractivity contribution in [1.29, 1.82) is 0 Å². The number of aromatic nitrogens is 2. The lowest BCUT2D eigenvalue weighted by atomic mass is 10.1. The molecule has 7 nitrogen and oxygen atoms in total. The van der Waals surface area contributed by atoms with Gasteiger partial charge in [0.05, 0.1) is 24.3 Å². The molecule has 2 atom stereocenters. The van der Waals surface area contributed by atoms with E-state index in [1.807, 2.05) is 35.0 Å². The lowest BCUT2D eigenvalue weighted by molar-refractivity contribution is 0.0947. The number of amides is 1. The smallest absolute Gasteiger partial charge is 0.255 e. The van der Waals surface area contributed by atoms with Crippen LogP contribution in [0.1, 0.15) is 58.5 Å². The van der Waals surface area contributed by atoms with E-state index < -0.39 is 0 Å². The van der Waals surface area contributed by atoms with E-state index in [1.54, 1.807) is 25.3 Å². The van der Waals surface area contributed by atoms with Gasteiger partial charge in [0.2, 0.25) is 0 Å². The largest absolute Gasteiger partial charge is 0.496 e. The number of methoxy groups -OCH3 is 1. The number of nitrogens with two attached hydrogens (primary N) is 1. The first kappa shape index (κ1) is 21.6. The van der Waals surface area contributed by atoms with Crippen LogP contribution in [0.2, 0.25) is 0 Å². The third kappa shape index (κ3) is 4.23. The Kier molecular flexibility index (Phi) is 6.25. The summed E-state index contributed by atoms with van der Waals surface area (Å²) in [5, 5.41) is 7.62. The Bertz CT molecular complexity index is 1120. The summed E-state index contributed by atoms with van der Waals surface area (Å²) in [6.07, 6.45) is 3.98. The van der Waals surface area contributed by atoms with Crippen LogP contribution in [0.15, 0.2) is 48.5 Å². The number of nitrogens with one attached hydrogen (secondary N) is 1. The highest BCUT2D eigenvalue weighted by Crippen LogP contribution is 2.37. The van der Waals surface area contributed by atoms with Gasteiger partial charge in [-0.3, -0.25) is 9.59 Å². The first-order chi connectivity index (χ1) is 15.5. The minimum absolute atomic E-state index is 0.202. The van der Waals surface area contributed by atoms with Gasteiger partial charge in [0.25, 0.3) is 5.91 Å². The molecule has 1 saturated carbocycles. The molecule has 7 heteroatoms. The van der Waals surface area contributed by atoms with Gasteiger partial charge in [-0.2, -0.15) is 5.10 Å². The van der Waals surface area contributed by atoms with E-state index in [-0.39, 0.29) is 11.9 Å². The molecule has 1 amide bonds. The second-order valence-corrected chi connectivity index (χ2v) is 8.36. The van der Waals surface area contributed by atoms with Crippen molar-refractivity contribution in [3.05, 3.63) is 65.2 Å². The highest BCUT2D eigenvalue weighted by atomic mass is 16.5. The van der Waals surface area contributed by atoms with E-state index in [2.05, 4.69) is 12.2 Å². The average molecular weight is 433 g/mol. The Morgan fingerprint density at radius 2 is 1.97 bits per heavy atom. The monoisotopic (exact) mass is 432 g/mol. The number of hydrogen-bond donors (Lipinski definition) is 2. The molecule has 0 bridgehead atoms. The van der Waals surface area contributed by atoms with Crippen LogP contribution in [0.4, 0.5) is 5.82 Å². The zero-order chi connectivity index (χ0) is 22.7. The van der Waals surface area contributed by atoms with E-state index in [0.717, 1.165) is 36.7 Å².